The molecule has 0 fully saturated rings. The van der Waals surface area contributed by atoms with Gasteiger partial charge < -0.3 is 15.4 Å². The molecule has 0 aliphatic rings. The number of anilines is 2. The van der Waals surface area contributed by atoms with Gasteiger partial charge in [0.2, 0.25) is 0 Å². The summed E-state index contributed by atoms with van der Waals surface area (Å²) in [5.41, 5.74) is 8.75. The molecule has 2 aromatic carbocycles. The highest BCUT2D eigenvalue weighted by Crippen LogP contribution is 2.32. The van der Waals surface area contributed by atoms with Gasteiger partial charge in [0.25, 0.3) is 0 Å². The van der Waals surface area contributed by atoms with Gasteiger partial charge in [-0.3, -0.25) is 0 Å². The van der Waals surface area contributed by atoms with Gasteiger partial charge in [-0.05, 0) is 36.2 Å². The van der Waals surface area contributed by atoms with Crippen LogP contribution in [0.1, 0.15) is 18.9 Å². The lowest BCUT2D eigenvalue weighted by atomic mass is 10.2. The van der Waals surface area contributed by atoms with Crippen molar-refractivity contribution in [3.63, 3.8) is 0 Å². The molecule has 2 N–H and O–H groups in total. The van der Waals surface area contributed by atoms with Crippen LogP contribution < -0.4 is 15.4 Å². The zero-order valence-electron chi connectivity index (χ0n) is 12.5. The molecule has 0 unspecified atom stereocenters. The Morgan fingerprint density at radius 3 is 2.52 bits per heavy atom. The van der Waals surface area contributed by atoms with Crippen LogP contribution in [0.4, 0.5) is 15.8 Å². The van der Waals surface area contributed by atoms with Crippen molar-refractivity contribution in [1.29, 1.82) is 0 Å². The highest BCUT2D eigenvalue weighted by Gasteiger charge is 2.10. The van der Waals surface area contributed by atoms with Gasteiger partial charge in [-0.1, -0.05) is 25.1 Å². The molecule has 112 valence electrons. The first-order valence-electron chi connectivity index (χ1n) is 7.08. The second kappa shape index (κ2) is 6.97. The molecule has 0 spiro atoms. The van der Waals surface area contributed by atoms with Crippen LogP contribution in [-0.4, -0.2) is 13.7 Å². The topological polar surface area (TPSA) is 38.5 Å². The average molecular weight is 288 g/mol. The highest BCUT2D eigenvalue weighted by atomic mass is 19.1. The third-order valence-corrected chi connectivity index (χ3v) is 3.25. The molecule has 0 aliphatic heterocycles. The summed E-state index contributed by atoms with van der Waals surface area (Å²) in [6.45, 7) is 3.36. The molecule has 2 aromatic rings. The van der Waals surface area contributed by atoms with Gasteiger partial charge in [-0.2, -0.15) is 0 Å². The summed E-state index contributed by atoms with van der Waals surface area (Å²) in [5, 5.41) is 0. The van der Waals surface area contributed by atoms with Gasteiger partial charge in [0.15, 0.2) is 0 Å². The minimum atomic E-state index is -0.226. The predicted molar refractivity (Wildman–Crippen MR) is 85.1 cm³/mol. The molecule has 0 radical (unpaired) electrons. The Hall–Kier alpha value is -2.23. The molecule has 0 atom stereocenters. The largest absolute Gasteiger partial charge is 0.491 e. The van der Waals surface area contributed by atoms with Crippen LogP contribution in [0, 0.1) is 5.82 Å². The summed E-state index contributed by atoms with van der Waals surface area (Å²) in [7, 11) is 1.96. The van der Waals surface area contributed by atoms with Gasteiger partial charge in [-0.25, -0.2) is 4.39 Å². The molecule has 0 saturated heterocycles. The number of hydrogen-bond donors (Lipinski definition) is 1. The SMILES string of the molecule is CCCOc1cccc(N(C)Cc2ccc(F)cc2)c1N. The molecule has 0 amide bonds. The molecular weight excluding hydrogens is 267 g/mol. The summed E-state index contributed by atoms with van der Waals surface area (Å²) in [6, 6.07) is 12.2. The molecule has 2 rings (SSSR count). The first-order valence-corrected chi connectivity index (χ1v) is 7.08. The monoisotopic (exact) mass is 288 g/mol. The molecule has 4 heteroatoms. The third-order valence-electron chi connectivity index (χ3n) is 3.25. The number of nitrogens with zero attached hydrogens (tertiary/aromatic N) is 1. The summed E-state index contributed by atoms with van der Waals surface area (Å²) < 4.78 is 18.6. The maximum Gasteiger partial charge on any atom is 0.144 e. The number of para-hydroxylation sites is 1. The number of nitrogen functional groups attached to an aromatic ring is 1. The molecular formula is C17H21FN2O. The summed E-state index contributed by atoms with van der Waals surface area (Å²) in [4.78, 5) is 2.03. The third kappa shape index (κ3) is 3.88. The van der Waals surface area contributed by atoms with Crippen LogP contribution in [-0.2, 0) is 6.54 Å². The van der Waals surface area contributed by atoms with Crippen molar-refractivity contribution in [1.82, 2.24) is 0 Å². The minimum Gasteiger partial charge on any atom is -0.491 e. The normalized spacial score (nSPS) is 10.4. The van der Waals surface area contributed by atoms with Gasteiger partial charge in [0.1, 0.15) is 11.6 Å². The minimum absolute atomic E-state index is 0.226. The Morgan fingerprint density at radius 1 is 1.14 bits per heavy atom. The zero-order chi connectivity index (χ0) is 15.2. The lowest BCUT2D eigenvalue weighted by Gasteiger charge is -2.22. The van der Waals surface area contributed by atoms with E-state index in [0.29, 0.717) is 24.6 Å². The van der Waals surface area contributed by atoms with Crippen LogP contribution in [0.25, 0.3) is 0 Å². The van der Waals surface area contributed by atoms with Crippen LogP contribution >= 0.6 is 0 Å². The summed E-state index contributed by atoms with van der Waals surface area (Å²) in [5.74, 6) is 0.483. The molecule has 0 aliphatic carbocycles. The van der Waals surface area contributed by atoms with E-state index < -0.39 is 0 Å². The van der Waals surface area contributed by atoms with Gasteiger partial charge in [0, 0.05) is 13.6 Å². The van der Waals surface area contributed by atoms with Crippen molar-refractivity contribution < 1.29 is 9.13 Å². The van der Waals surface area contributed by atoms with Crippen molar-refractivity contribution in [3.05, 3.63) is 53.8 Å². The Bertz CT molecular complexity index is 584. The lowest BCUT2D eigenvalue weighted by molar-refractivity contribution is 0.319. The number of hydrogen-bond acceptors (Lipinski definition) is 3. The number of rotatable bonds is 6. The molecule has 21 heavy (non-hydrogen) atoms. The van der Waals surface area contributed by atoms with E-state index in [1.165, 1.54) is 12.1 Å². The van der Waals surface area contributed by atoms with E-state index in [2.05, 4.69) is 6.92 Å². The Morgan fingerprint density at radius 2 is 1.86 bits per heavy atom. The second-order valence-corrected chi connectivity index (χ2v) is 5.02. The number of ether oxygens (including phenoxy) is 1. The van der Waals surface area contributed by atoms with E-state index in [9.17, 15) is 4.39 Å². The van der Waals surface area contributed by atoms with Crippen LogP contribution in [0.15, 0.2) is 42.5 Å². The van der Waals surface area contributed by atoms with Crippen molar-refractivity contribution in [2.75, 3.05) is 24.3 Å². The van der Waals surface area contributed by atoms with Crippen molar-refractivity contribution >= 4 is 11.4 Å². The Kier molecular flexibility index (Phi) is 5.04. The standard InChI is InChI=1S/C17H21FN2O/c1-3-11-21-16-6-4-5-15(17(16)19)20(2)12-13-7-9-14(18)10-8-13/h4-10H,3,11-12,19H2,1-2H3. The number of nitrogens with two attached hydrogens (primary N) is 1. The first kappa shape index (κ1) is 15.2. The average Bonchev–Trinajstić information content (AvgIpc) is 2.48. The van der Waals surface area contributed by atoms with Crippen molar-refractivity contribution in [3.8, 4) is 5.75 Å². The molecule has 0 aromatic heterocycles. The first-order chi connectivity index (χ1) is 10.1. The lowest BCUT2D eigenvalue weighted by Crippen LogP contribution is -2.18. The van der Waals surface area contributed by atoms with Crippen molar-refractivity contribution in [2.45, 2.75) is 19.9 Å². The summed E-state index contributed by atoms with van der Waals surface area (Å²) >= 11 is 0. The maximum absolute atomic E-state index is 12.9. The van der Waals surface area contributed by atoms with E-state index in [4.69, 9.17) is 10.5 Å². The van der Waals surface area contributed by atoms with Crippen LogP contribution in [0.2, 0.25) is 0 Å². The van der Waals surface area contributed by atoms with E-state index in [1.807, 2.05) is 30.1 Å². The molecule has 0 saturated carbocycles. The van der Waals surface area contributed by atoms with Gasteiger partial charge in [0.05, 0.1) is 18.0 Å². The van der Waals surface area contributed by atoms with Crippen molar-refractivity contribution in [2.24, 2.45) is 0 Å². The van der Waals surface area contributed by atoms with E-state index in [-0.39, 0.29) is 5.82 Å². The smallest absolute Gasteiger partial charge is 0.144 e. The fourth-order valence-corrected chi connectivity index (χ4v) is 2.15. The quantitative estimate of drug-likeness (QED) is 0.821. The predicted octanol–water partition coefficient (Wildman–Crippen LogP) is 3.83. The number of halogens is 1. The zero-order valence-corrected chi connectivity index (χ0v) is 12.5. The number of benzene rings is 2. The molecule has 0 heterocycles. The fraction of sp³-hybridized carbons (Fsp3) is 0.294. The van der Waals surface area contributed by atoms with E-state index in [1.54, 1.807) is 12.1 Å². The molecule has 0 bridgehead atoms. The summed E-state index contributed by atoms with van der Waals surface area (Å²) in [6.07, 6.45) is 0.940. The van der Waals surface area contributed by atoms with Crippen LogP contribution in [0.5, 0.6) is 5.75 Å². The van der Waals surface area contributed by atoms with Gasteiger partial charge >= 0.3 is 0 Å². The second-order valence-electron chi connectivity index (χ2n) is 5.02. The Balaban J connectivity index is 2.14. The molecule has 3 nitrogen and oxygen atoms in total. The maximum atomic E-state index is 12.9. The van der Waals surface area contributed by atoms with E-state index >= 15 is 0 Å². The fourth-order valence-electron chi connectivity index (χ4n) is 2.15. The van der Waals surface area contributed by atoms with Gasteiger partial charge in [-0.15, -0.1) is 0 Å². The Labute approximate surface area is 125 Å². The highest BCUT2D eigenvalue weighted by molar-refractivity contribution is 5.73. The van der Waals surface area contributed by atoms with E-state index in [0.717, 1.165) is 17.7 Å². The van der Waals surface area contributed by atoms with Crippen LogP contribution in [0.3, 0.4) is 0 Å².